The molecule has 29 heavy (non-hydrogen) atoms. The Hall–Kier alpha value is -3.06. The molecule has 1 amide bonds. The predicted molar refractivity (Wildman–Crippen MR) is 113 cm³/mol. The summed E-state index contributed by atoms with van der Waals surface area (Å²) in [4.78, 5) is 12.0. The zero-order valence-corrected chi connectivity index (χ0v) is 17.5. The van der Waals surface area contributed by atoms with Crippen LogP contribution in [-0.2, 0) is 4.74 Å². The average molecular weight is 422 g/mol. The fraction of sp³-hybridized carbons (Fsp3) is 0.286. The van der Waals surface area contributed by atoms with Crippen LogP contribution < -0.4 is 24.3 Å². The van der Waals surface area contributed by atoms with Crippen LogP contribution in [0.4, 0.5) is 10.5 Å². The number of allylic oxidation sites excluding steroid dienone is 1. The standard InChI is InChI=1S/C21H24ClNO6/c1-5-6-14-7-8-17(20(11-14)27-4)28-9-10-29-21(24)23-16-12-15(22)18(25-2)13-19(16)26-3/h5-8,11-13H,9-10H2,1-4H3,(H,23,24)/b6-5-. The number of rotatable bonds is 9. The third-order valence-electron chi connectivity index (χ3n) is 3.83. The van der Waals surface area contributed by atoms with E-state index in [9.17, 15) is 4.79 Å². The smallest absolute Gasteiger partial charge is 0.411 e. The van der Waals surface area contributed by atoms with Crippen molar-refractivity contribution in [1.82, 2.24) is 0 Å². The first-order valence-corrected chi connectivity index (χ1v) is 9.19. The summed E-state index contributed by atoms with van der Waals surface area (Å²) in [6.45, 7) is 2.14. The normalized spacial score (nSPS) is 10.5. The lowest BCUT2D eigenvalue weighted by molar-refractivity contribution is 0.136. The summed E-state index contributed by atoms with van der Waals surface area (Å²) in [5.41, 5.74) is 1.37. The van der Waals surface area contributed by atoms with Gasteiger partial charge in [-0.25, -0.2) is 4.79 Å². The van der Waals surface area contributed by atoms with Crippen molar-refractivity contribution in [3.63, 3.8) is 0 Å². The van der Waals surface area contributed by atoms with Crippen molar-refractivity contribution in [3.8, 4) is 23.0 Å². The molecule has 0 radical (unpaired) electrons. The Labute approximate surface area is 175 Å². The van der Waals surface area contributed by atoms with Crippen LogP contribution in [0.1, 0.15) is 12.5 Å². The fourth-order valence-corrected chi connectivity index (χ4v) is 2.73. The van der Waals surface area contributed by atoms with Crippen molar-refractivity contribution in [2.45, 2.75) is 6.92 Å². The van der Waals surface area contributed by atoms with E-state index in [1.807, 2.05) is 31.2 Å². The van der Waals surface area contributed by atoms with Crippen molar-refractivity contribution in [1.29, 1.82) is 0 Å². The molecule has 0 fully saturated rings. The number of halogens is 1. The fourth-order valence-electron chi connectivity index (χ4n) is 2.49. The van der Waals surface area contributed by atoms with Gasteiger partial charge in [-0.05, 0) is 30.7 Å². The van der Waals surface area contributed by atoms with Crippen LogP contribution >= 0.6 is 11.6 Å². The maximum atomic E-state index is 12.0. The lowest BCUT2D eigenvalue weighted by Gasteiger charge is -2.14. The molecule has 0 aromatic heterocycles. The van der Waals surface area contributed by atoms with E-state index in [0.717, 1.165) is 5.56 Å². The molecule has 8 heteroatoms. The molecule has 0 saturated carbocycles. The maximum absolute atomic E-state index is 12.0. The molecule has 0 spiro atoms. The topological polar surface area (TPSA) is 75.3 Å². The molecule has 0 heterocycles. The van der Waals surface area contributed by atoms with Gasteiger partial charge in [-0.1, -0.05) is 29.8 Å². The van der Waals surface area contributed by atoms with Crippen LogP contribution in [0.2, 0.25) is 5.02 Å². The van der Waals surface area contributed by atoms with Gasteiger partial charge in [0.25, 0.3) is 0 Å². The number of nitrogens with one attached hydrogen (secondary N) is 1. The first kappa shape index (κ1) is 22.2. The number of carbonyl (C=O) groups is 1. The molecule has 156 valence electrons. The van der Waals surface area contributed by atoms with Gasteiger partial charge in [-0.15, -0.1) is 0 Å². The van der Waals surface area contributed by atoms with Crippen molar-refractivity contribution in [2.75, 3.05) is 39.9 Å². The van der Waals surface area contributed by atoms with E-state index in [4.69, 9.17) is 35.3 Å². The van der Waals surface area contributed by atoms with E-state index in [2.05, 4.69) is 5.32 Å². The molecule has 0 atom stereocenters. The Kier molecular flexibility index (Phi) is 8.48. The molecule has 0 aliphatic heterocycles. The van der Waals surface area contributed by atoms with Crippen LogP contribution in [0.5, 0.6) is 23.0 Å². The monoisotopic (exact) mass is 421 g/mol. The maximum Gasteiger partial charge on any atom is 0.411 e. The van der Waals surface area contributed by atoms with Crippen LogP contribution in [-0.4, -0.2) is 40.6 Å². The Balaban J connectivity index is 1.89. The highest BCUT2D eigenvalue weighted by Gasteiger charge is 2.13. The molecule has 0 aliphatic carbocycles. The Morgan fingerprint density at radius 3 is 2.34 bits per heavy atom. The van der Waals surface area contributed by atoms with Gasteiger partial charge in [0.05, 0.1) is 32.0 Å². The minimum Gasteiger partial charge on any atom is -0.495 e. The van der Waals surface area contributed by atoms with Crippen LogP contribution in [0.25, 0.3) is 6.08 Å². The zero-order chi connectivity index (χ0) is 21.2. The third kappa shape index (κ3) is 6.22. The van der Waals surface area contributed by atoms with Crippen molar-refractivity contribution >= 4 is 29.5 Å². The number of anilines is 1. The SMILES string of the molecule is C/C=C\c1ccc(OCCOC(=O)Nc2cc(Cl)c(OC)cc2OC)c(OC)c1. The van der Waals surface area contributed by atoms with E-state index in [-0.39, 0.29) is 13.2 Å². The van der Waals surface area contributed by atoms with Gasteiger partial charge >= 0.3 is 6.09 Å². The quantitative estimate of drug-likeness (QED) is 0.572. The summed E-state index contributed by atoms with van der Waals surface area (Å²) >= 11 is 6.09. The second-order valence-corrected chi connectivity index (χ2v) is 6.11. The van der Waals surface area contributed by atoms with E-state index >= 15 is 0 Å². The number of hydrogen-bond donors (Lipinski definition) is 1. The van der Waals surface area contributed by atoms with E-state index in [1.54, 1.807) is 19.2 Å². The summed E-state index contributed by atoms with van der Waals surface area (Å²) in [7, 11) is 4.53. The minimum atomic E-state index is -0.663. The van der Waals surface area contributed by atoms with Gasteiger partial charge in [-0.3, -0.25) is 5.32 Å². The highest BCUT2D eigenvalue weighted by molar-refractivity contribution is 6.32. The summed E-state index contributed by atoms with van der Waals surface area (Å²) in [5.74, 6) is 1.99. The van der Waals surface area contributed by atoms with Crippen molar-refractivity contribution < 1.29 is 28.5 Å². The first-order valence-electron chi connectivity index (χ1n) is 8.81. The number of methoxy groups -OCH3 is 3. The van der Waals surface area contributed by atoms with Crippen LogP contribution in [0.15, 0.2) is 36.4 Å². The number of ether oxygens (including phenoxy) is 5. The second-order valence-electron chi connectivity index (χ2n) is 5.71. The zero-order valence-electron chi connectivity index (χ0n) is 16.8. The van der Waals surface area contributed by atoms with Crippen molar-refractivity contribution in [2.24, 2.45) is 0 Å². The molecule has 0 unspecified atom stereocenters. The summed E-state index contributed by atoms with van der Waals surface area (Å²) in [6.07, 6.45) is 3.23. The average Bonchev–Trinajstić information content (AvgIpc) is 2.72. The molecular formula is C21H24ClNO6. The van der Waals surface area contributed by atoms with Gasteiger partial charge in [0.15, 0.2) is 11.5 Å². The Morgan fingerprint density at radius 1 is 0.966 bits per heavy atom. The molecule has 0 bridgehead atoms. The van der Waals surface area contributed by atoms with Gasteiger partial charge in [0.2, 0.25) is 0 Å². The highest BCUT2D eigenvalue weighted by atomic mass is 35.5. The first-order chi connectivity index (χ1) is 14.0. The number of benzene rings is 2. The molecule has 2 aromatic carbocycles. The highest BCUT2D eigenvalue weighted by Crippen LogP contribution is 2.36. The number of carbonyl (C=O) groups excluding carboxylic acids is 1. The molecule has 2 aromatic rings. The van der Waals surface area contributed by atoms with E-state index in [0.29, 0.717) is 33.7 Å². The van der Waals surface area contributed by atoms with Gasteiger partial charge in [-0.2, -0.15) is 0 Å². The van der Waals surface area contributed by atoms with Crippen LogP contribution in [0, 0.1) is 0 Å². The predicted octanol–water partition coefficient (Wildman–Crippen LogP) is 5.03. The number of amides is 1. The summed E-state index contributed by atoms with van der Waals surface area (Å²) < 4.78 is 26.5. The molecule has 1 N–H and O–H groups in total. The molecule has 0 aliphatic rings. The Morgan fingerprint density at radius 2 is 1.69 bits per heavy atom. The summed E-state index contributed by atoms with van der Waals surface area (Å²) in [6, 6.07) is 8.67. The lowest BCUT2D eigenvalue weighted by atomic mass is 10.2. The van der Waals surface area contributed by atoms with Crippen molar-refractivity contribution in [3.05, 3.63) is 47.0 Å². The molecule has 0 saturated heterocycles. The minimum absolute atomic E-state index is 0.0395. The largest absolute Gasteiger partial charge is 0.495 e. The third-order valence-corrected chi connectivity index (χ3v) is 4.13. The van der Waals surface area contributed by atoms with E-state index < -0.39 is 6.09 Å². The molecular weight excluding hydrogens is 398 g/mol. The van der Waals surface area contributed by atoms with Crippen LogP contribution in [0.3, 0.4) is 0 Å². The second kappa shape index (κ2) is 11.1. The van der Waals surface area contributed by atoms with Gasteiger partial charge < -0.3 is 23.7 Å². The number of hydrogen-bond acceptors (Lipinski definition) is 6. The van der Waals surface area contributed by atoms with E-state index in [1.165, 1.54) is 20.3 Å². The summed E-state index contributed by atoms with van der Waals surface area (Å²) in [5, 5.41) is 2.92. The molecule has 7 nitrogen and oxygen atoms in total. The van der Waals surface area contributed by atoms with Gasteiger partial charge in [0, 0.05) is 6.07 Å². The Bertz CT molecular complexity index is 868. The molecule has 2 rings (SSSR count). The lowest BCUT2D eigenvalue weighted by Crippen LogP contribution is -2.18. The van der Waals surface area contributed by atoms with Gasteiger partial charge in [0.1, 0.15) is 24.7 Å².